The van der Waals surface area contributed by atoms with Gasteiger partial charge >= 0.3 is 0 Å². The maximum absolute atomic E-state index is 4.66. The van der Waals surface area contributed by atoms with E-state index in [0.717, 1.165) is 13.0 Å². The van der Waals surface area contributed by atoms with Crippen LogP contribution in [0.2, 0.25) is 0 Å². The summed E-state index contributed by atoms with van der Waals surface area (Å²) in [6.45, 7) is 7.80. The highest BCUT2D eigenvalue weighted by atomic mass is 14.9. The number of hydrogen-bond donors (Lipinski definition) is 1. The molecule has 20 heavy (non-hydrogen) atoms. The standard InChI is InChI=1S/C18H32N2/c1-4-7-8-9-10-13-17(19-14-5-2)18-16(6-3)12-11-15-20-18/h11-12,15,17,19H,4-10,13-14H2,1-3H3. The molecule has 0 aliphatic rings. The summed E-state index contributed by atoms with van der Waals surface area (Å²) in [5.41, 5.74) is 2.67. The smallest absolute Gasteiger partial charge is 0.0604 e. The minimum atomic E-state index is 0.438. The van der Waals surface area contributed by atoms with Crippen LogP contribution in [0, 0.1) is 0 Å². The molecule has 0 saturated heterocycles. The number of pyridine rings is 1. The third-order valence-corrected chi connectivity index (χ3v) is 3.87. The second-order valence-corrected chi connectivity index (χ2v) is 5.61. The van der Waals surface area contributed by atoms with E-state index in [1.54, 1.807) is 0 Å². The van der Waals surface area contributed by atoms with Crippen molar-refractivity contribution in [2.24, 2.45) is 0 Å². The van der Waals surface area contributed by atoms with Crippen LogP contribution >= 0.6 is 0 Å². The van der Waals surface area contributed by atoms with E-state index in [4.69, 9.17) is 0 Å². The van der Waals surface area contributed by atoms with E-state index in [1.807, 2.05) is 6.20 Å². The fourth-order valence-electron chi connectivity index (χ4n) is 2.67. The van der Waals surface area contributed by atoms with Gasteiger partial charge in [-0.25, -0.2) is 0 Å². The van der Waals surface area contributed by atoms with E-state index in [-0.39, 0.29) is 0 Å². The first-order chi connectivity index (χ1) is 9.83. The molecule has 1 aromatic heterocycles. The fraction of sp³-hybridized carbons (Fsp3) is 0.722. The largest absolute Gasteiger partial charge is 0.309 e. The fourth-order valence-corrected chi connectivity index (χ4v) is 2.67. The Labute approximate surface area is 125 Å². The lowest BCUT2D eigenvalue weighted by atomic mass is 9.99. The molecule has 0 spiro atoms. The van der Waals surface area contributed by atoms with Crippen molar-refractivity contribution < 1.29 is 0 Å². The quantitative estimate of drug-likeness (QED) is 0.572. The Hall–Kier alpha value is -0.890. The highest BCUT2D eigenvalue weighted by Crippen LogP contribution is 2.22. The molecule has 0 bridgehead atoms. The van der Waals surface area contributed by atoms with Crippen LogP contribution in [-0.4, -0.2) is 11.5 Å². The first-order valence-corrected chi connectivity index (χ1v) is 8.50. The van der Waals surface area contributed by atoms with Crippen LogP contribution in [0.3, 0.4) is 0 Å². The Bertz CT molecular complexity index is 349. The van der Waals surface area contributed by atoms with Gasteiger partial charge in [0, 0.05) is 12.2 Å². The highest BCUT2D eigenvalue weighted by molar-refractivity contribution is 5.22. The molecule has 0 saturated carbocycles. The van der Waals surface area contributed by atoms with E-state index >= 15 is 0 Å². The Balaban J connectivity index is 2.58. The van der Waals surface area contributed by atoms with Gasteiger partial charge in [0.15, 0.2) is 0 Å². The molecule has 0 aromatic carbocycles. The Morgan fingerprint density at radius 1 is 1.05 bits per heavy atom. The third kappa shape index (κ3) is 6.04. The molecule has 0 aliphatic carbocycles. The number of unbranched alkanes of at least 4 members (excludes halogenated alkanes) is 4. The normalized spacial score (nSPS) is 12.6. The van der Waals surface area contributed by atoms with Crippen molar-refractivity contribution in [3.05, 3.63) is 29.6 Å². The molecule has 0 aliphatic heterocycles. The van der Waals surface area contributed by atoms with Gasteiger partial charge in [0.2, 0.25) is 0 Å². The summed E-state index contributed by atoms with van der Waals surface area (Å²) in [7, 11) is 0. The van der Waals surface area contributed by atoms with Crippen molar-refractivity contribution in [1.29, 1.82) is 0 Å². The lowest BCUT2D eigenvalue weighted by Gasteiger charge is -2.20. The van der Waals surface area contributed by atoms with Crippen LogP contribution in [-0.2, 0) is 6.42 Å². The Morgan fingerprint density at radius 3 is 2.55 bits per heavy atom. The van der Waals surface area contributed by atoms with E-state index in [0.29, 0.717) is 6.04 Å². The van der Waals surface area contributed by atoms with Gasteiger partial charge in [-0.1, -0.05) is 58.9 Å². The zero-order valence-corrected chi connectivity index (χ0v) is 13.6. The number of nitrogens with one attached hydrogen (secondary N) is 1. The zero-order valence-electron chi connectivity index (χ0n) is 13.6. The monoisotopic (exact) mass is 276 g/mol. The molecular weight excluding hydrogens is 244 g/mol. The average Bonchev–Trinajstić information content (AvgIpc) is 2.50. The van der Waals surface area contributed by atoms with E-state index in [2.05, 4.69) is 43.2 Å². The number of aromatic nitrogens is 1. The summed E-state index contributed by atoms with van der Waals surface area (Å²) >= 11 is 0. The SMILES string of the molecule is CCCCCCCC(NCCC)c1ncccc1CC. The molecule has 1 N–H and O–H groups in total. The molecule has 1 unspecified atom stereocenters. The average molecular weight is 276 g/mol. The molecule has 2 nitrogen and oxygen atoms in total. The Kier molecular flexibility index (Phi) is 9.31. The van der Waals surface area contributed by atoms with Crippen molar-refractivity contribution in [3.63, 3.8) is 0 Å². The zero-order chi connectivity index (χ0) is 14.6. The second kappa shape index (κ2) is 10.8. The first-order valence-electron chi connectivity index (χ1n) is 8.50. The summed E-state index contributed by atoms with van der Waals surface area (Å²) in [5, 5.41) is 3.69. The molecule has 0 amide bonds. The van der Waals surface area contributed by atoms with Gasteiger partial charge in [0.05, 0.1) is 5.69 Å². The van der Waals surface area contributed by atoms with Crippen molar-refractivity contribution in [2.75, 3.05) is 6.54 Å². The molecule has 1 rings (SSSR count). The second-order valence-electron chi connectivity index (χ2n) is 5.61. The van der Waals surface area contributed by atoms with E-state index in [1.165, 1.54) is 56.2 Å². The van der Waals surface area contributed by atoms with Gasteiger partial charge in [-0.05, 0) is 37.4 Å². The minimum absolute atomic E-state index is 0.438. The summed E-state index contributed by atoms with van der Waals surface area (Å²) in [5.74, 6) is 0. The van der Waals surface area contributed by atoms with Gasteiger partial charge in [-0.15, -0.1) is 0 Å². The summed E-state index contributed by atoms with van der Waals surface area (Å²) in [4.78, 5) is 4.66. The molecule has 0 fully saturated rings. The minimum Gasteiger partial charge on any atom is -0.309 e. The van der Waals surface area contributed by atoms with Crippen LogP contribution < -0.4 is 5.32 Å². The highest BCUT2D eigenvalue weighted by Gasteiger charge is 2.14. The van der Waals surface area contributed by atoms with Crippen LogP contribution in [0.1, 0.15) is 83.0 Å². The lowest BCUT2D eigenvalue weighted by Crippen LogP contribution is -2.24. The van der Waals surface area contributed by atoms with Crippen LogP contribution in [0.25, 0.3) is 0 Å². The summed E-state index contributed by atoms with van der Waals surface area (Å²) in [6, 6.07) is 4.72. The molecule has 2 heteroatoms. The maximum atomic E-state index is 4.66. The molecule has 1 aromatic rings. The Morgan fingerprint density at radius 2 is 1.85 bits per heavy atom. The van der Waals surface area contributed by atoms with Crippen LogP contribution in [0.4, 0.5) is 0 Å². The predicted octanol–water partition coefficient (Wildman–Crippen LogP) is 5.05. The molecule has 114 valence electrons. The van der Waals surface area contributed by atoms with Gasteiger partial charge in [-0.2, -0.15) is 0 Å². The van der Waals surface area contributed by atoms with Crippen molar-refractivity contribution in [3.8, 4) is 0 Å². The molecule has 1 heterocycles. The topological polar surface area (TPSA) is 24.9 Å². The van der Waals surface area contributed by atoms with Gasteiger partial charge in [0.25, 0.3) is 0 Å². The van der Waals surface area contributed by atoms with Gasteiger partial charge < -0.3 is 5.32 Å². The number of rotatable bonds is 11. The lowest BCUT2D eigenvalue weighted by molar-refractivity contribution is 0.457. The number of nitrogens with zero attached hydrogens (tertiary/aromatic N) is 1. The molecule has 1 atom stereocenters. The maximum Gasteiger partial charge on any atom is 0.0604 e. The third-order valence-electron chi connectivity index (χ3n) is 3.87. The van der Waals surface area contributed by atoms with Gasteiger partial charge in [0.1, 0.15) is 0 Å². The van der Waals surface area contributed by atoms with Crippen molar-refractivity contribution >= 4 is 0 Å². The summed E-state index contributed by atoms with van der Waals surface area (Å²) in [6.07, 6.45) is 12.1. The van der Waals surface area contributed by atoms with Crippen molar-refractivity contribution in [2.45, 2.75) is 78.2 Å². The molecular formula is C18H32N2. The molecule has 0 radical (unpaired) electrons. The van der Waals surface area contributed by atoms with Gasteiger partial charge in [-0.3, -0.25) is 4.98 Å². The summed E-state index contributed by atoms with van der Waals surface area (Å²) < 4.78 is 0. The van der Waals surface area contributed by atoms with Crippen molar-refractivity contribution in [1.82, 2.24) is 10.3 Å². The predicted molar refractivity (Wildman–Crippen MR) is 88.0 cm³/mol. The number of aryl methyl sites for hydroxylation is 1. The van der Waals surface area contributed by atoms with Crippen LogP contribution in [0.15, 0.2) is 18.3 Å². The first kappa shape index (κ1) is 17.2. The number of hydrogen-bond acceptors (Lipinski definition) is 2. The van der Waals surface area contributed by atoms with Crippen LogP contribution in [0.5, 0.6) is 0 Å². The van der Waals surface area contributed by atoms with E-state index in [9.17, 15) is 0 Å². The van der Waals surface area contributed by atoms with E-state index < -0.39 is 0 Å².